The van der Waals surface area contributed by atoms with E-state index in [1.54, 1.807) is 0 Å². The summed E-state index contributed by atoms with van der Waals surface area (Å²) in [6.45, 7) is 0. The zero-order chi connectivity index (χ0) is 13.8. The van der Waals surface area contributed by atoms with Gasteiger partial charge in [0.1, 0.15) is 5.75 Å². The maximum atomic E-state index is 12.0. The van der Waals surface area contributed by atoms with Crippen molar-refractivity contribution in [1.82, 2.24) is 0 Å². The monoisotopic (exact) mass is 263 g/mol. The number of nitrogens with one attached hydrogen (secondary N) is 1. The number of hydrogen-bond acceptors (Lipinski definition) is 4. The van der Waals surface area contributed by atoms with Crippen LogP contribution in [0.15, 0.2) is 18.2 Å². The number of carbonyl (C=O) groups is 2. The van der Waals surface area contributed by atoms with Crippen LogP contribution in [-0.4, -0.2) is 25.9 Å². The summed E-state index contributed by atoms with van der Waals surface area (Å²) in [5.41, 5.74) is -0.224. The number of ether oxygens (including phenoxy) is 2. The van der Waals surface area contributed by atoms with E-state index in [4.69, 9.17) is 0 Å². The zero-order valence-corrected chi connectivity index (χ0v) is 9.08. The van der Waals surface area contributed by atoms with E-state index in [1.165, 1.54) is 0 Å². The Bertz CT molecular complexity index is 459. The van der Waals surface area contributed by atoms with Gasteiger partial charge in [-0.25, -0.2) is 4.79 Å². The lowest BCUT2D eigenvalue weighted by molar-refractivity contribution is -0.274. The molecule has 0 unspecified atom stereocenters. The first-order chi connectivity index (χ1) is 8.37. The van der Waals surface area contributed by atoms with Crippen molar-refractivity contribution in [3.8, 4) is 5.75 Å². The molecule has 0 aliphatic heterocycles. The molecule has 0 spiro atoms. The van der Waals surface area contributed by atoms with Gasteiger partial charge in [0.25, 0.3) is 0 Å². The second-order valence-corrected chi connectivity index (χ2v) is 3.01. The number of methoxy groups -OCH3 is 1. The predicted molar refractivity (Wildman–Crippen MR) is 54.2 cm³/mol. The van der Waals surface area contributed by atoms with E-state index in [2.05, 4.69) is 14.8 Å². The molecular weight excluding hydrogens is 255 g/mol. The third-order valence-corrected chi connectivity index (χ3v) is 1.84. The largest absolute Gasteiger partial charge is 0.573 e. The fourth-order valence-electron chi connectivity index (χ4n) is 1.19. The summed E-state index contributed by atoms with van der Waals surface area (Å²) < 4.78 is 44.0. The third-order valence-electron chi connectivity index (χ3n) is 1.84. The second kappa shape index (κ2) is 5.39. The molecule has 1 amide bonds. The summed E-state index contributed by atoms with van der Waals surface area (Å²) in [6, 6.07) is 2.86. The molecule has 0 aromatic heterocycles. The van der Waals surface area contributed by atoms with E-state index in [9.17, 15) is 22.8 Å². The van der Waals surface area contributed by atoms with Crippen LogP contribution < -0.4 is 10.1 Å². The highest BCUT2D eigenvalue weighted by atomic mass is 19.4. The number of amides is 1. The number of hydrogen-bond donors (Lipinski definition) is 1. The van der Waals surface area contributed by atoms with E-state index < -0.39 is 18.1 Å². The third kappa shape index (κ3) is 3.65. The van der Waals surface area contributed by atoms with Gasteiger partial charge in [-0.2, -0.15) is 0 Å². The van der Waals surface area contributed by atoms with Crippen molar-refractivity contribution in [3.05, 3.63) is 23.8 Å². The van der Waals surface area contributed by atoms with Crippen LogP contribution in [0.1, 0.15) is 10.4 Å². The quantitative estimate of drug-likeness (QED) is 0.666. The van der Waals surface area contributed by atoms with Crippen LogP contribution in [-0.2, 0) is 9.53 Å². The summed E-state index contributed by atoms with van der Waals surface area (Å²) >= 11 is 0. The van der Waals surface area contributed by atoms with Crippen molar-refractivity contribution < 1.29 is 32.2 Å². The van der Waals surface area contributed by atoms with Crippen molar-refractivity contribution in [3.63, 3.8) is 0 Å². The molecule has 18 heavy (non-hydrogen) atoms. The van der Waals surface area contributed by atoms with Gasteiger partial charge in [-0.1, -0.05) is 0 Å². The molecule has 0 saturated heterocycles. The standard InChI is InChI=1S/C10H8F3NO4/c1-17-9(16)7-3-2-6(18-10(11,12)13)4-8(7)14-5-15/h2-5H,1H3,(H,14,15). The SMILES string of the molecule is COC(=O)c1ccc(OC(F)(F)F)cc1NC=O. The van der Waals surface area contributed by atoms with Gasteiger partial charge in [-0.15, -0.1) is 13.2 Å². The van der Waals surface area contributed by atoms with Crippen LogP contribution in [0.5, 0.6) is 5.75 Å². The first-order valence-corrected chi connectivity index (χ1v) is 4.55. The molecule has 0 bridgehead atoms. The Kier molecular flexibility index (Phi) is 4.13. The Morgan fingerprint density at radius 1 is 1.39 bits per heavy atom. The summed E-state index contributed by atoms with van der Waals surface area (Å²) in [7, 11) is 1.10. The molecular formula is C10H8F3NO4. The minimum atomic E-state index is -4.86. The highest BCUT2D eigenvalue weighted by Crippen LogP contribution is 2.27. The van der Waals surface area contributed by atoms with Crippen molar-refractivity contribution in [2.75, 3.05) is 12.4 Å². The Labute approximate surface area is 99.5 Å². The average Bonchev–Trinajstić information content (AvgIpc) is 2.27. The number of rotatable bonds is 4. The first kappa shape index (κ1) is 13.8. The Hall–Kier alpha value is -2.25. The van der Waals surface area contributed by atoms with E-state index in [0.29, 0.717) is 0 Å². The summed E-state index contributed by atoms with van der Waals surface area (Å²) in [6.07, 6.45) is -4.63. The molecule has 0 aliphatic carbocycles. The molecule has 5 nitrogen and oxygen atoms in total. The predicted octanol–water partition coefficient (Wildman–Crippen LogP) is 1.94. The molecule has 1 aromatic rings. The molecule has 0 fully saturated rings. The van der Waals surface area contributed by atoms with Gasteiger partial charge < -0.3 is 14.8 Å². The Morgan fingerprint density at radius 3 is 2.56 bits per heavy atom. The van der Waals surface area contributed by atoms with E-state index in [1.807, 2.05) is 0 Å². The van der Waals surface area contributed by atoms with Gasteiger partial charge in [-0.05, 0) is 12.1 Å². The van der Waals surface area contributed by atoms with Crippen LogP contribution in [0.2, 0.25) is 0 Å². The normalized spacial score (nSPS) is 10.7. The molecule has 0 aliphatic rings. The van der Waals surface area contributed by atoms with Gasteiger partial charge in [0.15, 0.2) is 0 Å². The number of benzene rings is 1. The molecule has 98 valence electrons. The van der Waals surface area contributed by atoms with E-state index in [0.717, 1.165) is 25.3 Å². The van der Waals surface area contributed by atoms with Gasteiger partial charge in [-0.3, -0.25) is 4.79 Å². The molecule has 1 aromatic carbocycles. The lowest BCUT2D eigenvalue weighted by Crippen LogP contribution is -2.17. The zero-order valence-electron chi connectivity index (χ0n) is 9.08. The van der Waals surface area contributed by atoms with Crippen LogP contribution in [0.3, 0.4) is 0 Å². The van der Waals surface area contributed by atoms with Gasteiger partial charge in [0, 0.05) is 6.07 Å². The lowest BCUT2D eigenvalue weighted by atomic mass is 10.1. The van der Waals surface area contributed by atoms with E-state index >= 15 is 0 Å². The topological polar surface area (TPSA) is 64.6 Å². The number of esters is 1. The Morgan fingerprint density at radius 2 is 2.06 bits per heavy atom. The smallest absolute Gasteiger partial charge is 0.465 e. The number of alkyl halides is 3. The van der Waals surface area contributed by atoms with Crippen molar-refractivity contribution in [2.24, 2.45) is 0 Å². The molecule has 0 saturated carbocycles. The van der Waals surface area contributed by atoms with Crippen LogP contribution in [0.4, 0.5) is 18.9 Å². The number of anilines is 1. The maximum absolute atomic E-state index is 12.0. The highest BCUT2D eigenvalue weighted by Gasteiger charge is 2.31. The van der Waals surface area contributed by atoms with Crippen LogP contribution >= 0.6 is 0 Å². The molecule has 8 heteroatoms. The fraction of sp³-hybridized carbons (Fsp3) is 0.200. The van der Waals surface area contributed by atoms with Crippen molar-refractivity contribution >= 4 is 18.1 Å². The van der Waals surface area contributed by atoms with Crippen molar-refractivity contribution in [2.45, 2.75) is 6.36 Å². The number of carbonyl (C=O) groups excluding carboxylic acids is 2. The second-order valence-electron chi connectivity index (χ2n) is 3.01. The maximum Gasteiger partial charge on any atom is 0.573 e. The molecule has 1 N–H and O–H groups in total. The van der Waals surface area contributed by atoms with E-state index in [-0.39, 0.29) is 17.7 Å². The molecule has 0 heterocycles. The lowest BCUT2D eigenvalue weighted by Gasteiger charge is -2.12. The fourth-order valence-corrected chi connectivity index (χ4v) is 1.19. The first-order valence-electron chi connectivity index (χ1n) is 4.55. The highest BCUT2D eigenvalue weighted by molar-refractivity contribution is 5.98. The summed E-state index contributed by atoms with van der Waals surface area (Å²) in [5, 5.41) is 2.09. The van der Waals surface area contributed by atoms with Crippen molar-refractivity contribution in [1.29, 1.82) is 0 Å². The minimum Gasteiger partial charge on any atom is -0.465 e. The average molecular weight is 263 g/mol. The number of halogens is 3. The van der Waals surface area contributed by atoms with Gasteiger partial charge in [0.2, 0.25) is 6.41 Å². The van der Waals surface area contributed by atoms with Gasteiger partial charge in [0.05, 0.1) is 18.4 Å². The summed E-state index contributed by atoms with van der Waals surface area (Å²) in [5.74, 6) is -1.35. The Balaban J connectivity index is 3.10. The molecule has 0 atom stereocenters. The van der Waals surface area contributed by atoms with Gasteiger partial charge >= 0.3 is 12.3 Å². The van der Waals surface area contributed by atoms with Crippen LogP contribution in [0.25, 0.3) is 0 Å². The minimum absolute atomic E-state index is 0.0841. The molecule has 0 radical (unpaired) electrons. The summed E-state index contributed by atoms with van der Waals surface area (Å²) in [4.78, 5) is 21.6. The molecule has 1 rings (SSSR count). The van der Waals surface area contributed by atoms with Crippen LogP contribution in [0, 0.1) is 0 Å².